The van der Waals surface area contributed by atoms with Gasteiger partial charge in [0.1, 0.15) is 6.10 Å². The summed E-state index contributed by atoms with van der Waals surface area (Å²) >= 11 is 0. The maximum absolute atomic E-state index is 12.0. The third kappa shape index (κ3) is 4.63. The molecule has 1 saturated carbocycles. The summed E-state index contributed by atoms with van der Waals surface area (Å²) in [4.78, 5) is 25.0. The van der Waals surface area contributed by atoms with Gasteiger partial charge in [0.05, 0.1) is 12.6 Å². The highest BCUT2D eigenvalue weighted by atomic mass is 35.5. The Morgan fingerprint density at radius 2 is 2.00 bits per heavy atom. The SMILES string of the molecule is CN(CC(=O)NC1CC1)C(=O)[C@@H]1CC[C@H](CN)O1.Cl. The zero-order valence-corrected chi connectivity index (χ0v) is 11.9. The molecule has 1 heterocycles. The van der Waals surface area contributed by atoms with Crippen molar-refractivity contribution in [3.63, 3.8) is 0 Å². The fourth-order valence-corrected chi connectivity index (χ4v) is 2.10. The third-order valence-corrected chi connectivity index (χ3v) is 3.35. The summed E-state index contributed by atoms with van der Waals surface area (Å²) in [5.41, 5.74) is 5.50. The number of nitrogens with one attached hydrogen (secondary N) is 1. The maximum Gasteiger partial charge on any atom is 0.251 e. The number of carbonyl (C=O) groups excluding carboxylic acids is 2. The van der Waals surface area contributed by atoms with E-state index in [1.165, 1.54) is 4.90 Å². The van der Waals surface area contributed by atoms with Crippen molar-refractivity contribution in [2.75, 3.05) is 20.1 Å². The molecule has 19 heavy (non-hydrogen) atoms. The fraction of sp³-hybridized carbons (Fsp3) is 0.833. The molecule has 1 aliphatic heterocycles. The highest BCUT2D eigenvalue weighted by Gasteiger charge is 2.32. The van der Waals surface area contributed by atoms with Gasteiger partial charge in [-0.1, -0.05) is 0 Å². The van der Waals surface area contributed by atoms with Gasteiger partial charge in [-0.15, -0.1) is 12.4 Å². The summed E-state index contributed by atoms with van der Waals surface area (Å²) in [5, 5.41) is 2.86. The minimum atomic E-state index is -0.433. The lowest BCUT2D eigenvalue weighted by atomic mass is 10.2. The monoisotopic (exact) mass is 291 g/mol. The molecule has 0 aromatic rings. The molecule has 110 valence electrons. The fourth-order valence-electron chi connectivity index (χ4n) is 2.10. The Morgan fingerprint density at radius 3 is 2.53 bits per heavy atom. The Bertz CT molecular complexity index is 336. The molecule has 0 aromatic carbocycles. The molecule has 2 fully saturated rings. The third-order valence-electron chi connectivity index (χ3n) is 3.35. The summed E-state index contributed by atoms with van der Waals surface area (Å²) in [6.45, 7) is 0.540. The van der Waals surface area contributed by atoms with Gasteiger partial charge in [0.15, 0.2) is 0 Å². The number of hydrogen-bond donors (Lipinski definition) is 2. The van der Waals surface area contributed by atoms with Gasteiger partial charge in [-0.25, -0.2) is 0 Å². The molecule has 2 amide bonds. The van der Waals surface area contributed by atoms with Gasteiger partial charge in [0, 0.05) is 19.6 Å². The van der Waals surface area contributed by atoms with Crippen molar-refractivity contribution in [1.29, 1.82) is 0 Å². The second-order valence-corrected chi connectivity index (χ2v) is 5.10. The van der Waals surface area contributed by atoms with Crippen LogP contribution in [0.5, 0.6) is 0 Å². The highest BCUT2D eigenvalue weighted by Crippen LogP contribution is 2.21. The molecular weight excluding hydrogens is 270 g/mol. The predicted molar refractivity (Wildman–Crippen MR) is 73.0 cm³/mol. The van der Waals surface area contributed by atoms with Crippen LogP contribution in [0.4, 0.5) is 0 Å². The van der Waals surface area contributed by atoms with Gasteiger partial charge < -0.3 is 20.7 Å². The molecule has 0 unspecified atom stereocenters. The van der Waals surface area contributed by atoms with Crippen LogP contribution in [-0.2, 0) is 14.3 Å². The van der Waals surface area contributed by atoms with E-state index in [4.69, 9.17) is 10.5 Å². The minimum Gasteiger partial charge on any atom is -0.364 e. The number of carbonyl (C=O) groups is 2. The molecular formula is C12H22ClN3O3. The van der Waals surface area contributed by atoms with Crippen LogP contribution in [-0.4, -0.2) is 55.1 Å². The molecule has 2 rings (SSSR count). The first-order valence-electron chi connectivity index (χ1n) is 6.50. The first-order chi connectivity index (χ1) is 8.60. The van der Waals surface area contributed by atoms with E-state index in [9.17, 15) is 9.59 Å². The highest BCUT2D eigenvalue weighted by molar-refractivity contribution is 5.87. The lowest BCUT2D eigenvalue weighted by Gasteiger charge is -2.20. The Kier molecular flexibility index (Phi) is 6.03. The Balaban J connectivity index is 0.00000180. The van der Waals surface area contributed by atoms with Gasteiger partial charge in [-0.05, 0) is 25.7 Å². The number of nitrogens with two attached hydrogens (primary N) is 1. The Labute approximate surface area is 119 Å². The molecule has 6 nitrogen and oxygen atoms in total. The molecule has 1 aliphatic carbocycles. The van der Waals surface area contributed by atoms with Crippen LogP contribution in [0, 0.1) is 0 Å². The van der Waals surface area contributed by atoms with E-state index < -0.39 is 6.10 Å². The predicted octanol–water partition coefficient (Wildman–Crippen LogP) is -0.348. The van der Waals surface area contributed by atoms with Gasteiger partial charge in [0.2, 0.25) is 5.91 Å². The number of amides is 2. The normalized spacial score (nSPS) is 25.6. The van der Waals surface area contributed by atoms with Crippen LogP contribution in [0.15, 0.2) is 0 Å². The zero-order chi connectivity index (χ0) is 13.1. The number of nitrogens with zero attached hydrogens (tertiary/aromatic N) is 1. The molecule has 0 spiro atoms. The van der Waals surface area contributed by atoms with Crippen molar-refractivity contribution in [3.8, 4) is 0 Å². The Morgan fingerprint density at radius 1 is 1.32 bits per heavy atom. The minimum absolute atomic E-state index is 0. The number of halogens is 1. The lowest BCUT2D eigenvalue weighted by molar-refractivity contribution is -0.144. The van der Waals surface area contributed by atoms with Gasteiger partial charge >= 0.3 is 0 Å². The molecule has 2 aliphatic rings. The van der Waals surface area contributed by atoms with E-state index in [0.29, 0.717) is 19.0 Å². The summed E-state index contributed by atoms with van der Waals surface area (Å²) in [6.07, 6.45) is 3.15. The van der Waals surface area contributed by atoms with Gasteiger partial charge in [-0.2, -0.15) is 0 Å². The topological polar surface area (TPSA) is 84.7 Å². The van der Waals surface area contributed by atoms with Crippen molar-refractivity contribution >= 4 is 24.2 Å². The summed E-state index contributed by atoms with van der Waals surface area (Å²) < 4.78 is 5.52. The molecule has 0 aromatic heterocycles. The summed E-state index contributed by atoms with van der Waals surface area (Å²) in [7, 11) is 1.63. The van der Waals surface area contributed by atoms with Gasteiger partial charge in [-0.3, -0.25) is 9.59 Å². The quantitative estimate of drug-likeness (QED) is 0.725. The van der Waals surface area contributed by atoms with E-state index >= 15 is 0 Å². The average molecular weight is 292 g/mol. The molecule has 1 saturated heterocycles. The smallest absolute Gasteiger partial charge is 0.251 e. The van der Waals surface area contributed by atoms with E-state index in [-0.39, 0.29) is 36.9 Å². The van der Waals surface area contributed by atoms with Crippen molar-refractivity contribution < 1.29 is 14.3 Å². The maximum atomic E-state index is 12.0. The number of likely N-dealkylation sites (N-methyl/N-ethyl adjacent to an activating group) is 1. The zero-order valence-electron chi connectivity index (χ0n) is 11.1. The lowest BCUT2D eigenvalue weighted by Crippen LogP contribution is -2.43. The van der Waals surface area contributed by atoms with E-state index in [1.54, 1.807) is 7.05 Å². The molecule has 2 atom stereocenters. The summed E-state index contributed by atoms with van der Waals surface area (Å²) in [5.74, 6) is -0.224. The van der Waals surface area contributed by atoms with Crippen molar-refractivity contribution in [2.24, 2.45) is 5.73 Å². The van der Waals surface area contributed by atoms with Crippen LogP contribution in [0.25, 0.3) is 0 Å². The van der Waals surface area contributed by atoms with E-state index in [0.717, 1.165) is 19.3 Å². The van der Waals surface area contributed by atoms with E-state index in [2.05, 4.69) is 5.32 Å². The molecule has 7 heteroatoms. The van der Waals surface area contributed by atoms with Crippen molar-refractivity contribution in [1.82, 2.24) is 10.2 Å². The second-order valence-electron chi connectivity index (χ2n) is 5.10. The second kappa shape index (κ2) is 7.07. The van der Waals surface area contributed by atoms with Crippen LogP contribution in [0.2, 0.25) is 0 Å². The first-order valence-corrected chi connectivity index (χ1v) is 6.50. The largest absolute Gasteiger partial charge is 0.364 e. The van der Waals surface area contributed by atoms with Crippen molar-refractivity contribution in [2.45, 2.75) is 43.9 Å². The van der Waals surface area contributed by atoms with Crippen molar-refractivity contribution in [3.05, 3.63) is 0 Å². The van der Waals surface area contributed by atoms with Crippen LogP contribution in [0.1, 0.15) is 25.7 Å². The number of rotatable bonds is 5. The Hall–Kier alpha value is -0.850. The molecule has 3 N–H and O–H groups in total. The van der Waals surface area contributed by atoms with Gasteiger partial charge in [0.25, 0.3) is 5.91 Å². The first kappa shape index (κ1) is 16.2. The average Bonchev–Trinajstić information content (AvgIpc) is 3.02. The summed E-state index contributed by atoms with van der Waals surface area (Å²) in [6, 6.07) is 0.324. The van der Waals surface area contributed by atoms with Crippen LogP contribution in [0.3, 0.4) is 0 Å². The number of ether oxygens (including phenoxy) is 1. The van der Waals surface area contributed by atoms with Crippen LogP contribution >= 0.6 is 12.4 Å². The van der Waals surface area contributed by atoms with Crippen LogP contribution < -0.4 is 11.1 Å². The van der Waals surface area contributed by atoms with E-state index in [1.807, 2.05) is 0 Å². The molecule has 0 bridgehead atoms. The molecule has 0 radical (unpaired) electrons. The number of hydrogen-bond acceptors (Lipinski definition) is 4. The standard InChI is InChI=1S/C12H21N3O3.ClH/c1-15(7-11(16)14-8-2-3-8)12(17)10-5-4-9(6-13)18-10;/h8-10H,2-7,13H2,1H3,(H,14,16);1H/t9-,10+;/m1./s1.